The molecule has 1 aliphatic heterocycles. The van der Waals surface area contributed by atoms with Gasteiger partial charge < -0.3 is 15.4 Å². The van der Waals surface area contributed by atoms with Crippen LogP contribution in [0.3, 0.4) is 0 Å². The van der Waals surface area contributed by atoms with E-state index in [0.717, 1.165) is 17.6 Å². The van der Waals surface area contributed by atoms with Gasteiger partial charge in [0.05, 0.1) is 0 Å². The van der Waals surface area contributed by atoms with Gasteiger partial charge >= 0.3 is 0 Å². The van der Waals surface area contributed by atoms with E-state index in [2.05, 4.69) is 39.1 Å². The van der Waals surface area contributed by atoms with E-state index < -0.39 is 0 Å². The maximum atomic E-state index is 10.2. The van der Waals surface area contributed by atoms with Gasteiger partial charge in [0, 0.05) is 29.6 Å². The van der Waals surface area contributed by atoms with E-state index in [1.165, 1.54) is 12.8 Å². The van der Waals surface area contributed by atoms with Gasteiger partial charge in [-0.15, -0.1) is 24.8 Å². The quantitative estimate of drug-likeness (QED) is 0.676. The number of halogens is 2. The van der Waals surface area contributed by atoms with Crippen molar-refractivity contribution >= 4 is 54.4 Å². The summed E-state index contributed by atoms with van der Waals surface area (Å²) in [7, 11) is 0. The molecule has 1 fully saturated rings. The lowest BCUT2D eigenvalue weighted by atomic mass is 9.78. The minimum Gasteiger partial charge on any atom is -0.492 e. The number of allylic oxidation sites excluding steroid dienone is 1. The molecule has 4 rings (SSSR count). The number of pyridine rings is 1. The Morgan fingerprint density at radius 1 is 1.26 bits per heavy atom. The second kappa shape index (κ2) is 8.76. The molecule has 1 aliphatic carbocycles. The number of fused-ring (bicyclic) bond motifs is 1. The molecule has 0 spiro atoms. The Balaban J connectivity index is 0.00000131. The molecule has 3 heterocycles. The maximum absolute atomic E-state index is 10.2. The van der Waals surface area contributed by atoms with Crippen LogP contribution in [0.15, 0.2) is 23.3 Å². The fraction of sp³-hybridized carbons (Fsp3) is 0.421. The van der Waals surface area contributed by atoms with Gasteiger partial charge in [-0.05, 0) is 36.5 Å². The van der Waals surface area contributed by atoms with E-state index in [0.29, 0.717) is 35.3 Å². The fourth-order valence-corrected chi connectivity index (χ4v) is 3.70. The van der Waals surface area contributed by atoms with Gasteiger partial charge in [-0.2, -0.15) is 4.98 Å². The number of aromatic hydroxyl groups is 1. The number of nitrogens with zero attached hydrogens (tertiary/aromatic N) is 3. The van der Waals surface area contributed by atoms with Crippen molar-refractivity contribution in [3.05, 3.63) is 29.6 Å². The molecule has 3 atom stereocenters. The molecule has 3 N–H and O–H groups in total. The first-order valence-corrected chi connectivity index (χ1v) is 8.88. The molecular weight excluding hydrogens is 385 g/mol. The summed E-state index contributed by atoms with van der Waals surface area (Å²) in [4.78, 5) is 16.0. The van der Waals surface area contributed by atoms with Gasteiger partial charge in [0.2, 0.25) is 11.8 Å². The monoisotopic (exact) mass is 409 g/mol. The molecule has 2 aromatic heterocycles. The summed E-state index contributed by atoms with van der Waals surface area (Å²) < 4.78 is 0. The van der Waals surface area contributed by atoms with Crippen LogP contribution >= 0.6 is 24.8 Å². The SMILES string of the molecule is CC1CCCC(Nc2nc(O)c(/C=C3\C=Nc4ncccc43)[nH]2)C1C.Cl.Cl. The predicted octanol–water partition coefficient (Wildman–Crippen LogP) is 4.85. The van der Waals surface area contributed by atoms with E-state index in [1.54, 1.807) is 12.4 Å². The summed E-state index contributed by atoms with van der Waals surface area (Å²) in [6, 6.07) is 4.23. The first-order valence-electron chi connectivity index (χ1n) is 8.88. The van der Waals surface area contributed by atoms with E-state index in [-0.39, 0.29) is 30.7 Å². The summed E-state index contributed by atoms with van der Waals surface area (Å²) in [6.07, 6.45) is 8.99. The summed E-state index contributed by atoms with van der Waals surface area (Å²) >= 11 is 0. The van der Waals surface area contributed by atoms with Gasteiger partial charge in [0.1, 0.15) is 5.69 Å². The van der Waals surface area contributed by atoms with Gasteiger partial charge in [-0.1, -0.05) is 26.7 Å². The van der Waals surface area contributed by atoms with Crippen molar-refractivity contribution in [3.63, 3.8) is 0 Å². The number of H-pyrrole nitrogens is 1. The normalized spacial score (nSPS) is 24.8. The topological polar surface area (TPSA) is 86.2 Å². The van der Waals surface area contributed by atoms with E-state index in [9.17, 15) is 5.11 Å². The smallest absolute Gasteiger partial charge is 0.238 e. The Bertz CT molecular complexity index is 848. The Kier molecular flexibility index (Phi) is 6.89. The minimum absolute atomic E-state index is 0. The average molecular weight is 410 g/mol. The molecule has 2 aliphatic rings. The van der Waals surface area contributed by atoms with Crippen LogP contribution < -0.4 is 5.32 Å². The molecule has 27 heavy (non-hydrogen) atoms. The average Bonchev–Trinajstić information content (AvgIpc) is 3.16. The molecule has 8 heteroatoms. The first-order chi connectivity index (χ1) is 12.1. The summed E-state index contributed by atoms with van der Waals surface area (Å²) in [5.41, 5.74) is 2.45. The van der Waals surface area contributed by atoms with Crippen LogP contribution in [-0.4, -0.2) is 32.3 Å². The number of aromatic nitrogens is 3. The molecule has 0 bridgehead atoms. The number of imidazole rings is 1. The van der Waals surface area contributed by atoms with Crippen molar-refractivity contribution in [2.75, 3.05) is 5.32 Å². The highest BCUT2D eigenvalue weighted by atomic mass is 35.5. The Hall–Kier alpha value is -2.05. The molecule has 1 saturated carbocycles. The number of rotatable bonds is 3. The van der Waals surface area contributed by atoms with E-state index in [4.69, 9.17) is 0 Å². The highest BCUT2D eigenvalue weighted by molar-refractivity contribution is 6.20. The molecule has 2 aromatic rings. The summed E-state index contributed by atoms with van der Waals surface area (Å²) in [6.45, 7) is 4.59. The first kappa shape index (κ1) is 21.3. The maximum Gasteiger partial charge on any atom is 0.238 e. The second-order valence-corrected chi connectivity index (χ2v) is 7.07. The van der Waals surface area contributed by atoms with Crippen molar-refractivity contribution < 1.29 is 5.11 Å². The van der Waals surface area contributed by atoms with Crippen molar-refractivity contribution in [3.8, 4) is 5.88 Å². The van der Waals surface area contributed by atoms with Gasteiger partial charge in [0.15, 0.2) is 5.82 Å². The third-order valence-corrected chi connectivity index (χ3v) is 5.46. The van der Waals surface area contributed by atoms with Crippen LogP contribution in [0, 0.1) is 11.8 Å². The Labute approximate surface area is 171 Å². The van der Waals surface area contributed by atoms with Crippen molar-refractivity contribution in [1.29, 1.82) is 0 Å². The highest BCUT2D eigenvalue weighted by Gasteiger charge is 2.27. The zero-order valence-electron chi connectivity index (χ0n) is 15.3. The van der Waals surface area contributed by atoms with E-state index >= 15 is 0 Å². The van der Waals surface area contributed by atoms with E-state index in [1.807, 2.05) is 18.2 Å². The minimum atomic E-state index is -0.00255. The lowest BCUT2D eigenvalue weighted by Crippen LogP contribution is -2.35. The third-order valence-electron chi connectivity index (χ3n) is 5.46. The Morgan fingerprint density at radius 3 is 2.89 bits per heavy atom. The molecule has 0 aromatic carbocycles. The number of anilines is 1. The molecular formula is C19H25Cl2N5O. The number of aromatic amines is 1. The van der Waals surface area contributed by atoms with Gasteiger partial charge in [-0.3, -0.25) is 0 Å². The van der Waals surface area contributed by atoms with Crippen LogP contribution in [0.25, 0.3) is 11.6 Å². The van der Waals surface area contributed by atoms with Crippen molar-refractivity contribution in [1.82, 2.24) is 15.0 Å². The highest BCUT2D eigenvalue weighted by Crippen LogP contribution is 2.33. The number of aliphatic imine (C=N–C) groups is 1. The standard InChI is InChI=1S/C19H23N5O.2ClH/c1-11-5-3-7-15(12(11)2)22-19-23-16(18(25)24-19)9-13-10-21-17-14(13)6-4-8-20-17;;/h4,6,8-12,15,25H,3,5,7H2,1-2H3,(H2,22,23,24);2*1H/b13-9+;;. The second-order valence-electron chi connectivity index (χ2n) is 7.07. The number of nitrogens with one attached hydrogen (secondary N) is 2. The summed E-state index contributed by atoms with van der Waals surface area (Å²) in [5.74, 6) is 2.61. The fourth-order valence-electron chi connectivity index (χ4n) is 3.70. The van der Waals surface area contributed by atoms with Gasteiger partial charge in [-0.25, -0.2) is 9.98 Å². The van der Waals surface area contributed by atoms with Crippen LogP contribution in [0.5, 0.6) is 5.88 Å². The zero-order valence-corrected chi connectivity index (χ0v) is 17.0. The molecule has 0 amide bonds. The Morgan fingerprint density at radius 2 is 2.07 bits per heavy atom. The summed E-state index contributed by atoms with van der Waals surface area (Å²) in [5, 5.41) is 13.7. The predicted molar refractivity (Wildman–Crippen MR) is 115 cm³/mol. The molecule has 3 unspecified atom stereocenters. The molecule has 146 valence electrons. The molecule has 0 saturated heterocycles. The van der Waals surface area contributed by atoms with Crippen LogP contribution in [0.2, 0.25) is 0 Å². The van der Waals surface area contributed by atoms with Crippen LogP contribution in [-0.2, 0) is 0 Å². The number of hydrogen-bond donors (Lipinski definition) is 3. The largest absolute Gasteiger partial charge is 0.492 e. The lowest BCUT2D eigenvalue weighted by molar-refractivity contribution is 0.252. The van der Waals surface area contributed by atoms with Crippen molar-refractivity contribution in [2.45, 2.75) is 39.2 Å². The molecule has 0 radical (unpaired) electrons. The number of hydrogen-bond acceptors (Lipinski definition) is 5. The lowest BCUT2D eigenvalue weighted by Gasteiger charge is -2.34. The van der Waals surface area contributed by atoms with Gasteiger partial charge in [0.25, 0.3) is 0 Å². The van der Waals surface area contributed by atoms with Crippen LogP contribution in [0.4, 0.5) is 11.8 Å². The van der Waals surface area contributed by atoms with Crippen molar-refractivity contribution in [2.24, 2.45) is 16.8 Å². The third kappa shape index (κ3) is 4.28. The zero-order chi connectivity index (χ0) is 17.4. The molecule has 6 nitrogen and oxygen atoms in total. The van der Waals surface area contributed by atoms with Crippen LogP contribution in [0.1, 0.15) is 44.4 Å².